The van der Waals surface area contributed by atoms with Gasteiger partial charge in [-0.25, -0.2) is 0 Å². The fraction of sp³-hybridized carbons (Fsp3) is 0.435. The lowest BCUT2D eigenvalue weighted by molar-refractivity contribution is 0.145. The van der Waals surface area contributed by atoms with E-state index in [-0.39, 0.29) is 5.41 Å². The average molecular weight is 330 g/mol. The molecule has 0 radical (unpaired) electrons. The van der Waals surface area contributed by atoms with Crippen LogP contribution in [0.5, 0.6) is 0 Å². The van der Waals surface area contributed by atoms with Gasteiger partial charge in [-0.15, -0.1) is 0 Å². The first-order valence-electron chi connectivity index (χ1n) is 9.62. The van der Waals surface area contributed by atoms with Gasteiger partial charge in [0, 0.05) is 29.9 Å². The summed E-state index contributed by atoms with van der Waals surface area (Å²) in [4.78, 5) is 7.47. The second-order valence-corrected chi connectivity index (χ2v) is 8.17. The number of hydrogen-bond donors (Lipinski definition) is 0. The van der Waals surface area contributed by atoms with Crippen LogP contribution in [-0.4, -0.2) is 23.7 Å². The third kappa shape index (κ3) is 2.13. The van der Waals surface area contributed by atoms with Crippen LogP contribution in [0.1, 0.15) is 38.7 Å². The SMILES string of the molecule is CC1C2CC3=C(CCC4=C3/C=C\CN=CC41C)N2Cc1ccccc1. The van der Waals surface area contributed by atoms with Crippen molar-refractivity contribution in [3.63, 3.8) is 0 Å². The van der Waals surface area contributed by atoms with E-state index in [2.05, 4.69) is 67.4 Å². The number of benzene rings is 1. The van der Waals surface area contributed by atoms with Gasteiger partial charge >= 0.3 is 0 Å². The van der Waals surface area contributed by atoms with E-state index < -0.39 is 0 Å². The molecule has 2 heterocycles. The number of fused-ring (bicyclic) bond motifs is 1. The van der Waals surface area contributed by atoms with Gasteiger partial charge in [0.15, 0.2) is 0 Å². The molecule has 3 unspecified atom stereocenters. The summed E-state index contributed by atoms with van der Waals surface area (Å²) in [6.07, 6.45) is 10.5. The summed E-state index contributed by atoms with van der Waals surface area (Å²) in [5.41, 5.74) is 7.93. The molecule has 2 aliphatic carbocycles. The van der Waals surface area contributed by atoms with Gasteiger partial charge in [0.25, 0.3) is 0 Å². The van der Waals surface area contributed by atoms with Crippen molar-refractivity contribution in [2.24, 2.45) is 16.3 Å². The maximum atomic E-state index is 4.74. The molecule has 2 aliphatic heterocycles. The van der Waals surface area contributed by atoms with E-state index in [4.69, 9.17) is 4.99 Å². The van der Waals surface area contributed by atoms with Crippen LogP contribution >= 0.6 is 0 Å². The fourth-order valence-electron chi connectivity index (χ4n) is 5.47. The Morgan fingerprint density at radius 2 is 2.04 bits per heavy atom. The zero-order valence-corrected chi connectivity index (χ0v) is 15.2. The fourth-order valence-corrected chi connectivity index (χ4v) is 5.47. The van der Waals surface area contributed by atoms with Crippen molar-refractivity contribution in [3.05, 3.63) is 70.5 Å². The molecule has 0 fully saturated rings. The van der Waals surface area contributed by atoms with E-state index in [0.717, 1.165) is 13.1 Å². The summed E-state index contributed by atoms with van der Waals surface area (Å²) in [5, 5.41) is 0. The van der Waals surface area contributed by atoms with E-state index >= 15 is 0 Å². The van der Waals surface area contributed by atoms with Gasteiger partial charge < -0.3 is 4.90 Å². The molecular formula is C23H26N2. The second-order valence-electron chi connectivity index (χ2n) is 8.17. The van der Waals surface area contributed by atoms with Crippen LogP contribution in [0.25, 0.3) is 0 Å². The summed E-state index contributed by atoms with van der Waals surface area (Å²) < 4.78 is 0. The Kier molecular flexibility index (Phi) is 3.31. The highest BCUT2D eigenvalue weighted by molar-refractivity contribution is 5.75. The van der Waals surface area contributed by atoms with Crippen molar-refractivity contribution < 1.29 is 0 Å². The normalized spacial score (nSPS) is 34.2. The Labute approximate surface area is 150 Å². The molecule has 5 rings (SSSR count). The van der Waals surface area contributed by atoms with Crippen molar-refractivity contribution in [3.8, 4) is 0 Å². The molecule has 0 spiro atoms. The minimum atomic E-state index is 0.0907. The number of nitrogens with zero attached hydrogens (tertiary/aromatic N) is 2. The molecule has 2 heteroatoms. The molecule has 3 atom stereocenters. The van der Waals surface area contributed by atoms with Crippen molar-refractivity contribution in [2.75, 3.05) is 6.54 Å². The highest BCUT2D eigenvalue weighted by Crippen LogP contribution is 2.56. The Hall–Kier alpha value is -2.09. The summed E-state index contributed by atoms with van der Waals surface area (Å²) >= 11 is 0. The first kappa shape index (κ1) is 15.2. The average Bonchev–Trinajstić information content (AvgIpc) is 2.95. The van der Waals surface area contributed by atoms with Crippen LogP contribution in [0.2, 0.25) is 0 Å². The number of likely N-dealkylation sites (tertiary alicyclic amines) is 1. The molecule has 0 amide bonds. The molecule has 0 N–H and O–H groups in total. The number of aliphatic imine (C=N–C) groups is 1. The zero-order valence-electron chi connectivity index (χ0n) is 15.2. The molecule has 1 aromatic rings. The minimum absolute atomic E-state index is 0.0907. The summed E-state index contributed by atoms with van der Waals surface area (Å²) in [6, 6.07) is 11.5. The predicted molar refractivity (Wildman–Crippen MR) is 103 cm³/mol. The first-order chi connectivity index (χ1) is 12.2. The smallest absolute Gasteiger partial charge is 0.0570 e. The van der Waals surface area contributed by atoms with Crippen molar-refractivity contribution in [1.82, 2.24) is 4.90 Å². The third-order valence-electron chi connectivity index (χ3n) is 6.99. The maximum Gasteiger partial charge on any atom is 0.0570 e. The number of hydrogen-bond acceptors (Lipinski definition) is 2. The van der Waals surface area contributed by atoms with Crippen LogP contribution in [0.3, 0.4) is 0 Å². The molecule has 25 heavy (non-hydrogen) atoms. The predicted octanol–water partition coefficient (Wildman–Crippen LogP) is 4.90. The second kappa shape index (κ2) is 5.45. The standard InChI is InChI=1S/C23H26N2/c1-16-22-13-19-18-9-6-12-24-15-23(16,2)20(18)10-11-21(19)25(22)14-17-7-4-3-5-8-17/h3-9,15-16,22H,10-14H2,1-2H3/b9-6-,24-15?. The number of allylic oxidation sites excluding steroid dienone is 4. The lowest BCUT2D eigenvalue weighted by Crippen LogP contribution is -2.45. The monoisotopic (exact) mass is 330 g/mol. The Morgan fingerprint density at radius 3 is 2.88 bits per heavy atom. The van der Waals surface area contributed by atoms with Crippen LogP contribution < -0.4 is 0 Å². The van der Waals surface area contributed by atoms with Gasteiger partial charge in [-0.05, 0) is 41.9 Å². The van der Waals surface area contributed by atoms with Crippen molar-refractivity contribution >= 4 is 6.21 Å². The van der Waals surface area contributed by atoms with Gasteiger partial charge in [0.2, 0.25) is 0 Å². The van der Waals surface area contributed by atoms with E-state index in [9.17, 15) is 0 Å². The van der Waals surface area contributed by atoms with E-state index in [0.29, 0.717) is 12.0 Å². The largest absolute Gasteiger partial charge is 0.367 e. The molecule has 4 aliphatic rings. The molecule has 1 aromatic carbocycles. The van der Waals surface area contributed by atoms with Gasteiger partial charge in [0.05, 0.1) is 6.54 Å². The Balaban J connectivity index is 1.66. The van der Waals surface area contributed by atoms with Gasteiger partial charge in [-0.1, -0.05) is 61.9 Å². The van der Waals surface area contributed by atoms with E-state index in [1.807, 2.05) is 0 Å². The van der Waals surface area contributed by atoms with Crippen molar-refractivity contribution in [2.45, 2.75) is 45.7 Å². The maximum absolute atomic E-state index is 4.74. The highest BCUT2D eigenvalue weighted by Gasteiger charge is 2.50. The Bertz CT molecular complexity index is 827. The van der Waals surface area contributed by atoms with Crippen LogP contribution in [-0.2, 0) is 6.54 Å². The molecular weight excluding hydrogens is 304 g/mol. The van der Waals surface area contributed by atoms with Gasteiger partial charge in [0.1, 0.15) is 0 Å². The van der Waals surface area contributed by atoms with Gasteiger partial charge in [-0.3, -0.25) is 4.99 Å². The van der Waals surface area contributed by atoms with Crippen LogP contribution in [0.15, 0.2) is 69.9 Å². The minimum Gasteiger partial charge on any atom is -0.367 e. The zero-order chi connectivity index (χ0) is 17.0. The molecule has 0 saturated heterocycles. The topological polar surface area (TPSA) is 15.6 Å². The molecule has 5 bridgehead atoms. The lowest BCUT2D eigenvalue weighted by atomic mass is 9.66. The Morgan fingerprint density at radius 1 is 1.20 bits per heavy atom. The quantitative estimate of drug-likeness (QED) is 0.753. The van der Waals surface area contributed by atoms with Crippen LogP contribution in [0.4, 0.5) is 0 Å². The molecule has 0 saturated carbocycles. The third-order valence-corrected chi connectivity index (χ3v) is 6.99. The van der Waals surface area contributed by atoms with Crippen LogP contribution in [0, 0.1) is 11.3 Å². The van der Waals surface area contributed by atoms with Gasteiger partial charge in [-0.2, -0.15) is 0 Å². The van der Waals surface area contributed by atoms with E-state index in [1.165, 1.54) is 24.8 Å². The van der Waals surface area contributed by atoms with Crippen molar-refractivity contribution in [1.29, 1.82) is 0 Å². The number of rotatable bonds is 2. The molecule has 0 aromatic heterocycles. The summed E-state index contributed by atoms with van der Waals surface area (Å²) in [6.45, 7) is 6.74. The molecule has 2 nitrogen and oxygen atoms in total. The summed E-state index contributed by atoms with van der Waals surface area (Å²) in [7, 11) is 0. The summed E-state index contributed by atoms with van der Waals surface area (Å²) in [5.74, 6) is 0.576. The van der Waals surface area contributed by atoms with E-state index in [1.54, 1.807) is 22.4 Å². The first-order valence-corrected chi connectivity index (χ1v) is 9.62. The lowest BCUT2D eigenvalue weighted by Gasteiger charge is -2.46. The highest BCUT2D eigenvalue weighted by atomic mass is 15.2. The molecule has 128 valence electrons.